The summed E-state index contributed by atoms with van der Waals surface area (Å²) in [4.78, 5) is 22.8. The van der Waals surface area contributed by atoms with Crippen LogP contribution in [0.3, 0.4) is 0 Å². The van der Waals surface area contributed by atoms with Crippen molar-refractivity contribution in [2.75, 3.05) is 32.0 Å². The smallest absolute Gasteiger partial charge is 0.198 e. The first-order valence-electron chi connectivity index (χ1n) is 12.8. The van der Waals surface area contributed by atoms with Crippen LogP contribution in [0.5, 0.6) is 11.6 Å². The number of hydrogen-bond acceptors (Lipinski definition) is 6. The fraction of sp³-hybridized carbons (Fsp3) is 0.267. The van der Waals surface area contributed by atoms with E-state index in [-0.39, 0.29) is 11.7 Å². The molecule has 4 N–H and O–H groups in total. The molecule has 37 heavy (non-hydrogen) atoms. The Labute approximate surface area is 216 Å². The number of anilines is 1. The van der Waals surface area contributed by atoms with Crippen LogP contribution in [0, 0.1) is 0 Å². The molecule has 0 atom stereocenters. The number of aromatic amines is 1. The number of nitrogens with zero attached hydrogens (tertiary/aromatic N) is 2. The van der Waals surface area contributed by atoms with Crippen molar-refractivity contribution in [3.8, 4) is 11.6 Å². The van der Waals surface area contributed by atoms with Crippen molar-refractivity contribution in [1.29, 1.82) is 0 Å². The molecule has 7 nitrogen and oxygen atoms in total. The number of aromatic hydroxyl groups is 1. The fourth-order valence-corrected chi connectivity index (χ4v) is 4.75. The van der Waals surface area contributed by atoms with Crippen LogP contribution < -0.4 is 10.5 Å². The molecule has 0 spiro atoms. The minimum absolute atomic E-state index is 0.000892. The molecule has 0 amide bonds. The lowest BCUT2D eigenvalue weighted by Crippen LogP contribution is -2.31. The van der Waals surface area contributed by atoms with E-state index in [1.165, 1.54) is 32.4 Å². The standard InChI is InChI=1S/C30H32N4O3/c31-23-7-4-6-21(18-23)29(35)22-8-13-26-27(30(36)33-28(26)19-22)20-32-24-9-11-25(12-10-24)37-17-5-16-34-14-2-1-3-15-34/h4,6-13,18-20,33,36H,1-3,5,14-17,31H2. The van der Waals surface area contributed by atoms with Crippen LogP contribution in [-0.2, 0) is 0 Å². The Bertz CT molecular complexity index is 1400. The van der Waals surface area contributed by atoms with E-state index >= 15 is 0 Å². The molecule has 0 unspecified atom stereocenters. The van der Waals surface area contributed by atoms with Gasteiger partial charge in [-0.1, -0.05) is 30.7 Å². The highest BCUT2D eigenvalue weighted by Crippen LogP contribution is 2.28. The van der Waals surface area contributed by atoms with Crippen LogP contribution in [0.2, 0.25) is 0 Å². The summed E-state index contributed by atoms with van der Waals surface area (Å²) in [6.07, 6.45) is 6.62. The first-order chi connectivity index (χ1) is 18.1. The lowest BCUT2D eigenvalue weighted by molar-refractivity contribution is 0.103. The van der Waals surface area contributed by atoms with Gasteiger partial charge in [0, 0.05) is 40.5 Å². The molecule has 1 fully saturated rings. The van der Waals surface area contributed by atoms with Crippen LogP contribution in [0.25, 0.3) is 10.9 Å². The number of ether oxygens (including phenoxy) is 1. The van der Waals surface area contributed by atoms with Gasteiger partial charge in [-0.2, -0.15) is 0 Å². The molecule has 7 heteroatoms. The Morgan fingerprint density at radius 1 is 1.03 bits per heavy atom. The number of benzene rings is 3. The van der Waals surface area contributed by atoms with Crippen LogP contribution in [0.15, 0.2) is 71.7 Å². The third kappa shape index (κ3) is 6.01. The number of likely N-dealkylation sites (tertiary alicyclic amines) is 1. The van der Waals surface area contributed by atoms with E-state index in [2.05, 4.69) is 14.9 Å². The molecule has 5 rings (SSSR count). The Morgan fingerprint density at radius 3 is 2.59 bits per heavy atom. The van der Waals surface area contributed by atoms with Gasteiger partial charge in [0.1, 0.15) is 5.75 Å². The predicted octanol–water partition coefficient (Wildman–Crippen LogP) is 5.69. The van der Waals surface area contributed by atoms with Gasteiger partial charge < -0.3 is 25.5 Å². The molecule has 0 bridgehead atoms. The van der Waals surface area contributed by atoms with Gasteiger partial charge in [0.25, 0.3) is 0 Å². The highest BCUT2D eigenvalue weighted by molar-refractivity contribution is 6.12. The molecule has 1 saturated heterocycles. The first-order valence-corrected chi connectivity index (χ1v) is 12.8. The predicted molar refractivity (Wildman–Crippen MR) is 148 cm³/mol. The van der Waals surface area contributed by atoms with Gasteiger partial charge >= 0.3 is 0 Å². The number of aromatic nitrogens is 1. The number of carbonyl (C=O) groups is 1. The molecule has 0 aliphatic carbocycles. The molecule has 3 aromatic carbocycles. The number of ketones is 1. The Balaban J connectivity index is 1.21. The zero-order chi connectivity index (χ0) is 25.6. The van der Waals surface area contributed by atoms with Crippen molar-refractivity contribution in [1.82, 2.24) is 9.88 Å². The highest BCUT2D eigenvalue weighted by atomic mass is 16.5. The minimum Gasteiger partial charge on any atom is -0.494 e. The number of nitrogen functional groups attached to an aromatic ring is 1. The monoisotopic (exact) mass is 496 g/mol. The summed E-state index contributed by atoms with van der Waals surface area (Å²) < 4.78 is 5.89. The van der Waals surface area contributed by atoms with Gasteiger partial charge in [-0.05, 0) is 74.8 Å². The molecule has 0 saturated carbocycles. The Morgan fingerprint density at radius 2 is 1.81 bits per heavy atom. The molecular formula is C30H32N4O3. The largest absolute Gasteiger partial charge is 0.494 e. The van der Waals surface area contributed by atoms with Crippen molar-refractivity contribution in [2.24, 2.45) is 4.99 Å². The van der Waals surface area contributed by atoms with Gasteiger partial charge in [-0.3, -0.25) is 9.79 Å². The Kier molecular flexibility index (Phi) is 7.51. The summed E-state index contributed by atoms with van der Waals surface area (Å²) in [5.74, 6) is 0.693. The fourth-order valence-electron chi connectivity index (χ4n) is 4.75. The number of fused-ring (bicyclic) bond motifs is 1. The number of aliphatic imine (C=N–C) groups is 1. The van der Waals surface area contributed by atoms with E-state index in [4.69, 9.17) is 10.5 Å². The number of H-pyrrole nitrogens is 1. The molecule has 190 valence electrons. The summed E-state index contributed by atoms with van der Waals surface area (Å²) in [6.45, 7) is 4.21. The van der Waals surface area contributed by atoms with Crippen LogP contribution in [-0.4, -0.2) is 53.2 Å². The number of nitrogens with one attached hydrogen (secondary N) is 1. The second-order valence-corrected chi connectivity index (χ2v) is 9.46. The normalized spacial score (nSPS) is 14.4. The zero-order valence-electron chi connectivity index (χ0n) is 20.8. The van der Waals surface area contributed by atoms with E-state index in [0.29, 0.717) is 34.5 Å². The average molecular weight is 497 g/mol. The number of carbonyl (C=O) groups excluding carboxylic acids is 1. The molecule has 1 aliphatic heterocycles. The maximum Gasteiger partial charge on any atom is 0.198 e. The second kappa shape index (κ2) is 11.3. The van der Waals surface area contributed by atoms with E-state index in [1.54, 1.807) is 42.6 Å². The van der Waals surface area contributed by atoms with Crippen LogP contribution >= 0.6 is 0 Å². The first kappa shape index (κ1) is 24.6. The molecule has 0 radical (unpaired) electrons. The molecular weight excluding hydrogens is 464 g/mol. The highest BCUT2D eigenvalue weighted by Gasteiger charge is 2.14. The van der Waals surface area contributed by atoms with Gasteiger partial charge in [-0.15, -0.1) is 0 Å². The zero-order valence-corrected chi connectivity index (χ0v) is 20.8. The minimum atomic E-state index is -0.132. The van der Waals surface area contributed by atoms with Crippen molar-refractivity contribution in [2.45, 2.75) is 25.7 Å². The Hall–Kier alpha value is -4.10. The van der Waals surface area contributed by atoms with Gasteiger partial charge in [-0.25, -0.2) is 0 Å². The summed E-state index contributed by atoms with van der Waals surface area (Å²) in [5, 5.41) is 11.3. The van der Waals surface area contributed by atoms with E-state index in [1.807, 2.05) is 30.3 Å². The number of rotatable bonds is 9. The topological polar surface area (TPSA) is 104 Å². The average Bonchev–Trinajstić information content (AvgIpc) is 3.24. The maximum absolute atomic E-state index is 12.9. The summed E-state index contributed by atoms with van der Waals surface area (Å²) in [5.41, 5.74) is 9.35. The van der Waals surface area contributed by atoms with Gasteiger partial charge in [0.05, 0.1) is 17.9 Å². The summed E-state index contributed by atoms with van der Waals surface area (Å²) in [6, 6.07) is 19.8. The number of hydrogen-bond donors (Lipinski definition) is 3. The van der Waals surface area contributed by atoms with E-state index in [0.717, 1.165) is 29.8 Å². The van der Waals surface area contributed by atoms with E-state index < -0.39 is 0 Å². The second-order valence-electron chi connectivity index (χ2n) is 9.46. The number of piperidine rings is 1. The lowest BCUT2D eigenvalue weighted by atomic mass is 10.0. The summed E-state index contributed by atoms with van der Waals surface area (Å²) >= 11 is 0. The van der Waals surface area contributed by atoms with Gasteiger partial charge in [0.15, 0.2) is 11.7 Å². The van der Waals surface area contributed by atoms with Crippen molar-refractivity contribution in [3.05, 3.63) is 83.4 Å². The lowest BCUT2D eigenvalue weighted by Gasteiger charge is -2.26. The van der Waals surface area contributed by atoms with Crippen molar-refractivity contribution < 1.29 is 14.6 Å². The van der Waals surface area contributed by atoms with Crippen molar-refractivity contribution >= 4 is 34.3 Å². The van der Waals surface area contributed by atoms with E-state index in [9.17, 15) is 9.90 Å². The van der Waals surface area contributed by atoms with Crippen molar-refractivity contribution in [3.63, 3.8) is 0 Å². The third-order valence-electron chi connectivity index (χ3n) is 6.74. The third-order valence-corrected chi connectivity index (χ3v) is 6.74. The quantitative estimate of drug-likeness (QED) is 0.119. The number of nitrogens with two attached hydrogens (primary N) is 1. The van der Waals surface area contributed by atoms with Crippen LogP contribution in [0.1, 0.15) is 47.2 Å². The van der Waals surface area contributed by atoms with Gasteiger partial charge in [0.2, 0.25) is 0 Å². The van der Waals surface area contributed by atoms with Crippen LogP contribution in [0.4, 0.5) is 11.4 Å². The SMILES string of the molecule is Nc1cccc(C(=O)c2ccc3c(C=Nc4ccc(OCCCN5CCCCC5)cc4)c(O)[nH]c3c2)c1. The molecule has 1 aliphatic rings. The summed E-state index contributed by atoms with van der Waals surface area (Å²) in [7, 11) is 0. The molecule has 1 aromatic heterocycles. The maximum atomic E-state index is 12.9. The molecule has 2 heterocycles. The molecule has 4 aromatic rings.